The maximum atomic E-state index is 12.1. The van der Waals surface area contributed by atoms with Crippen molar-refractivity contribution in [2.75, 3.05) is 25.0 Å². The first-order valence-corrected chi connectivity index (χ1v) is 7.71. The van der Waals surface area contributed by atoms with E-state index in [-0.39, 0.29) is 30.6 Å². The van der Waals surface area contributed by atoms with Gasteiger partial charge in [-0.15, -0.1) is 0 Å². The maximum absolute atomic E-state index is 12.1. The Kier molecular flexibility index (Phi) is 5.54. The SMILES string of the molecule is CC[C@H](C)OCC(=O)N1CC[C@H](n2ccc(NC(C)=O)n2)C1. The fourth-order valence-electron chi connectivity index (χ4n) is 2.40. The molecule has 2 atom stereocenters. The zero-order valence-electron chi connectivity index (χ0n) is 13.4. The average Bonchev–Trinajstić information content (AvgIpc) is 3.12. The summed E-state index contributed by atoms with van der Waals surface area (Å²) in [7, 11) is 0. The van der Waals surface area contributed by atoms with Gasteiger partial charge in [0.05, 0.1) is 12.1 Å². The smallest absolute Gasteiger partial charge is 0.248 e. The van der Waals surface area contributed by atoms with E-state index in [9.17, 15) is 9.59 Å². The van der Waals surface area contributed by atoms with E-state index in [2.05, 4.69) is 10.4 Å². The molecular formula is C15H24N4O3. The number of nitrogens with one attached hydrogen (secondary N) is 1. The second-order valence-electron chi connectivity index (χ2n) is 5.67. The van der Waals surface area contributed by atoms with Gasteiger partial charge in [-0.2, -0.15) is 5.10 Å². The van der Waals surface area contributed by atoms with Gasteiger partial charge in [-0.05, 0) is 19.8 Å². The number of carbonyl (C=O) groups is 2. The van der Waals surface area contributed by atoms with Gasteiger partial charge in [-0.3, -0.25) is 14.3 Å². The van der Waals surface area contributed by atoms with Gasteiger partial charge in [0.25, 0.3) is 0 Å². The number of hydrogen-bond acceptors (Lipinski definition) is 4. The summed E-state index contributed by atoms with van der Waals surface area (Å²) in [6.45, 7) is 6.93. The summed E-state index contributed by atoms with van der Waals surface area (Å²) in [6.07, 6.45) is 3.69. The Bertz CT molecular complexity index is 529. The normalized spacial score (nSPS) is 19.2. The molecule has 2 rings (SSSR count). The topological polar surface area (TPSA) is 76.5 Å². The molecule has 1 saturated heterocycles. The lowest BCUT2D eigenvalue weighted by Gasteiger charge is -2.18. The largest absolute Gasteiger partial charge is 0.369 e. The van der Waals surface area contributed by atoms with Gasteiger partial charge in [-0.25, -0.2) is 0 Å². The summed E-state index contributed by atoms with van der Waals surface area (Å²) >= 11 is 0. The highest BCUT2D eigenvalue weighted by Gasteiger charge is 2.28. The molecule has 7 nitrogen and oxygen atoms in total. The molecule has 122 valence electrons. The first-order valence-electron chi connectivity index (χ1n) is 7.71. The van der Waals surface area contributed by atoms with Crippen LogP contribution < -0.4 is 5.32 Å². The minimum atomic E-state index is -0.143. The summed E-state index contributed by atoms with van der Waals surface area (Å²) in [4.78, 5) is 24.9. The van der Waals surface area contributed by atoms with Crippen LogP contribution in [0.1, 0.15) is 39.7 Å². The van der Waals surface area contributed by atoms with E-state index in [0.717, 1.165) is 12.8 Å². The van der Waals surface area contributed by atoms with E-state index in [4.69, 9.17) is 4.74 Å². The van der Waals surface area contributed by atoms with Gasteiger partial charge < -0.3 is 15.0 Å². The van der Waals surface area contributed by atoms with Crippen molar-refractivity contribution in [3.63, 3.8) is 0 Å². The molecule has 1 aromatic heterocycles. The van der Waals surface area contributed by atoms with E-state index in [1.165, 1.54) is 6.92 Å². The van der Waals surface area contributed by atoms with Gasteiger partial charge in [0.15, 0.2) is 5.82 Å². The Balaban J connectivity index is 1.85. The summed E-state index contributed by atoms with van der Waals surface area (Å²) in [5.41, 5.74) is 0. The summed E-state index contributed by atoms with van der Waals surface area (Å²) < 4.78 is 7.31. The third-order valence-electron chi connectivity index (χ3n) is 3.87. The predicted molar refractivity (Wildman–Crippen MR) is 82.5 cm³/mol. The van der Waals surface area contributed by atoms with Crippen molar-refractivity contribution >= 4 is 17.6 Å². The number of anilines is 1. The van der Waals surface area contributed by atoms with Crippen molar-refractivity contribution in [1.29, 1.82) is 0 Å². The zero-order valence-corrected chi connectivity index (χ0v) is 13.4. The Morgan fingerprint density at radius 1 is 1.55 bits per heavy atom. The molecule has 1 fully saturated rings. The number of nitrogens with zero attached hydrogens (tertiary/aromatic N) is 3. The lowest BCUT2D eigenvalue weighted by Crippen LogP contribution is -2.33. The molecule has 0 aliphatic carbocycles. The van der Waals surface area contributed by atoms with Gasteiger partial charge in [0.1, 0.15) is 6.61 Å². The van der Waals surface area contributed by atoms with Gasteiger partial charge >= 0.3 is 0 Å². The van der Waals surface area contributed by atoms with Crippen LogP contribution in [0.15, 0.2) is 12.3 Å². The number of likely N-dealkylation sites (tertiary alicyclic amines) is 1. The quantitative estimate of drug-likeness (QED) is 0.862. The van der Waals surface area contributed by atoms with Crippen molar-refractivity contribution < 1.29 is 14.3 Å². The Morgan fingerprint density at radius 3 is 3.00 bits per heavy atom. The third kappa shape index (κ3) is 4.30. The first-order chi connectivity index (χ1) is 10.5. The van der Waals surface area contributed by atoms with E-state index < -0.39 is 0 Å². The van der Waals surface area contributed by atoms with E-state index in [0.29, 0.717) is 18.9 Å². The number of ether oxygens (including phenoxy) is 1. The molecule has 1 aliphatic rings. The minimum Gasteiger partial charge on any atom is -0.369 e. The molecule has 22 heavy (non-hydrogen) atoms. The van der Waals surface area contributed by atoms with Crippen LogP contribution in [0.2, 0.25) is 0 Å². The number of amides is 2. The average molecular weight is 308 g/mol. The van der Waals surface area contributed by atoms with E-state index in [1.807, 2.05) is 29.6 Å². The van der Waals surface area contributed by atoms with Crippen LogP contribution in [0.25, 0.3) is 0 Å². The Hall–Kier alpha value is -1.89. The highest BCUT2D eigenvalue weighted by Crippen LogP contribution is 2.22. The Morgan fingerprint density at radius 2 is 2.32 bits per heavy atom. The number of rotatable bonds is 6. The molecule has 1 aromatic rings. The summed E-state index contributed by atoms with van der Waals surface area (Å²) in [5, 5.41) is 6.98. The number of aromatic nitrogens is 2. The van der Waals surface area contributed by atoms with Crippen LogP contribution >= 0.6 is 0 Å². The number of carbonyl (C=O) groups excluding carboxylic acids is 2. The predicted octanol–water partition coefficient (Wildman–Crippen LogP) is 1.43. The van der Waals surface area contributed by atoms with Crippen molar-refractivity contribution in [1.82, 2.24) is 14.7 Å². The second kappa shape index (κ2) is 7.40. The zero-order chi connectivity index (χ0) is 16.1. The van der Waals surface area contributed by atoms with Crippen LogP contribution in [0.5, 0.6) is 0 Å². The van der Waals surface area contributed by atoms with E-state index in [1.54, 1.807) is 6.07 Å². The molecule has 2 heterocycles. The van der Waals surface area contributed by atoms with Crippen molar-refractivity contribution in [3.8, 4) is 0 Å². The summed E-state index contributed by atoms with van der Waals surface area (Å²) in [6, 6.07) is 1.91. The lowest BCUT2D eigenvalue weighted by molar-refractivity contribution is -0.137. The van der Waals surface area contributed by atoms with E-state index >= 15 is 0 Å². The standard InChI is InChI=1S/C15H24N4O3/c1-4-11(2)22-10-15(21)18-7-5-13(9-18)19-8-6-14(17-19)16-12(3)20/h6,8,11,13H,4-5,7,9-10H2,1-3H3,(H,16,17,20)/t11-,13-/m0/s1. The lowest BCUT2D eigenvalue weighted by atomic mass is 10.3. The van der Waals surface area contributed by atoms with Crippen LogP contribution in [0, 0.1) is 0 Å². The van der Waals surface area contributed by atoms with Crippen LogP contribution in [0.4, 0.5) is 5.82 Å². The van der Waals surface area contributed by atoms with Crippen molar-refractivity contribution in [2.45, 2.75) is 45.8 Å². The minimum absolute atomic E-state index is 0.0250. The fraction of sp³-hybridized carbons (Fsp3) is 0.667. The monoisotopic (exact) mass is 308 g/mol. The maximum Gasteiger partial charge on any atom is 0.248 e. The fourth-order valence-corrected chi connectivity index (χ4v) is 2.40. The molecular weight excluding hydrogens is 284 g/mol. The third-order valence-corrected chi connectivity index (χ3v) is 3.87. The van der Waals surface area contributed by atoms with Crippen molar-refractivity contribution in [2.24, 2.45) is 0 Å². The molecule has 0 spiro atoms. The summed E-state index contributed by atoms with van der Waals surface area (Å²) in [5.74, 6) is 0.421. The van der Waals surface area contributed by atoms with Gasteiger partial charge in [0.2, 0.25) is 11.8 Å². The van der Waals surface area contributed by atoms with Crippen molar-refractivity contribution in [3.05, 3.63) is 12.3 Å². The molecule has 1 aliphatic heterocycles. The molecule has 0 radical (unpaired) electrons. The number of hydrogen-bond donors (Lipinski definition) is 1. The second-order valence-corrected chi connectivity index (χ2v) is 5.67. The molecule has 0 bridgehead atoms. The van der Waals surface area contributed by atoms with Crippen LogP contribution in [-0.2, 0) is 14.3 Å². The molecule has 7 heteroatoms. The Labute approximate surface area is 130 Å². The first kappa shape index (κ1) is 16.5. The molecule has 0 aromatic carbocycles. The van der Waals surface area contributed by atoms with Gasteiger partial charge in [-0.1, -0.05) is 6.92 Å². The molecule has 0 saturated carbocycles. The van der Waals surface area contributed by atoms with Crippen LogP contribution in [0.3, 0.4) is 0 Å². The molecule has 2 amide bonds. The highest BCUT2D eigenvalue weighted by atomic mass is 16.5. The highest BCUT2D eigenvalue weighted by molar-refractivity contribution is 5.87. The van der Waals surface area contributed by atoms with Crippen LogP contribution in [-0.4, -0.2) is 52.3 Å². The molecule has 1 N–H and O–H groups in total. The molecule has 0 unspecified atom stereocenters. The van der Waals surface area contributed by atoms with Gasteiger partial charge in [0, 0.05) is 32.3 Å².